The Morgan fingerprint density at radius 3 is 2.55 bits per heavy atom. The third-order valence-electron chi connectivity index (χ3n) is 3.97. The summed E-state index contributed by atoms with van der Waals surface area (Å²) >= 11 is 6.02. The molecule has 0 aliphatic rings. The Bertz CT molecular complexity index is 1090. The van der Waals surface area contributed by atoms with E-state index < -0.39 is 5.91 Å². The van der Waals surface area contributed by atoms with Crippen LogP contribution in [0, 0.1) is 17.1 Å². The van der Waals surface area contributed by atoms with Gasteiger partial charge in [-0.05, 0) is 53.6 Å². The van der Waals surface area contributed by atoms with Crippen LogP contribution in [0.1, 0.15) is 11.1 Å². The highest BCUT2D eigenvalue weighted by Gasteiger charge is 2.11. The van der Waals surface area contributed by atoms with Crippen LogP contribution >= 0.6 is 11.6 Å². The van der Waals surface area contributed by atoms with Crippen LogP contribution in [0.5, 0.6) is 5.75 Å². The molecule has 0 unspecified atom stereocenters. The zero-order valence-corrected chi connectivity index (χ0v) is 16.0. The molecule has 0 aliphatic carbocycles. The van der Waals surface area contributed by atoms with Crippen molar-refractivity contribution in [3.8, 4) is 11.8 Å². The molecular formula is C23H16ClFN2O2. The van der Waals surface area contributed by atoms with E-state index in [9.17, 15) is 14.4 Å². The van der Waals surface area contributed by atoms with Crippen LogP contribution in [0.2, 0.25) is 5.02 Å². The minimum atomic E-state index is -0.549. The minimum Gasteiger partial charge on any atom is -0.489 e. The number of para-hydroxylation sites is 1. The number of carbonyl (C=O) groups excluding carboxylic acids is 1. The van der Waals surface area contributed by atoms with Crippen molar-refractivity contribution in [3.05, 3.63) is 100 Å². The van der Waals surface area contributed by atoms with Crippen LogP contribution in [0.25, 0.3) is 6.08 Å². The molecule has 0 atom stereocenters. The van der Waals surface area contributed by atoms with E-state index in [2.05, 4.69) is 5.32 Å². The van der Waals surface area contributed by atoms with Gasteiger partial charge >= 0.3 is 0 Å². The van der Waals surface area contributed by atoms with Gasteiger partial charge in [0.25, 0.3) is 5.91 Å². The summed E-state index contributed by atoms with van der Waals surface area (Å²) in [6, 6.07) is 21.7. The lowest BCUT2D eigenvalue weighted by Crippen LogP contribution is -2.13. The number of anilines is 1. The SMILES string of the molecule is N#C/C(=C\c1ccc(OCc2cccc(F)c2)cc1)C(=O)Nc1ccccc1Cl. The van der Waals surface area contributed by atoms with Gasteiger partial charge in [0, 0.05) is 0 Å². The summed E-state index contributed by atoms with van der Waals surface area (Å²) in [6.07, 6.45) is 1.47. The highest BCUT2D eigenvalue weighted by molar-refractivity contribution is 6.34. The molecule has 0 spiro atoms. The van der Waals surface area contributed by atoms with Crippen LogP contribution < -0.4 is 10.1 Å². The molecule has 1 amide bonds. The van der Waals surface area contributed by atoms with Gasteiger partial charge in [-0.15, -0.1) is 0 Å². The second kappa shape index (κ2) is 9.54. The lowest BCUT2D eigenvalue weighted by molar-refractivity contribution is -0.112. The maximum atomic E-state index is 13.2. The number of rotatable bonds is 6. The molecule has 0 fully saturated rings. The normalized spacial score (nSPS) is 10.9. The molecule has 3 rings (SSSR count). The molecule has 4 nitrogen and oxygen atoms in total. The number of carbonyl (C=O) groups is 1. The lowest BCUT2D eigenvalue weighted by Gasteiger charge is -2.07. The molecule has 0 radical (unpaired) electrons. The van der Waals surface area contributed by atoms with E-state index in [0.29, 0.717) is 22.0 Å². The molecule has 0 saturated carbocycles. The summed E-state index contributed by atoms with van der Waals surface area (Å²) < 4.78 is 18.8. The Balaban J connectivity index is 1.66. The van der Waals surface area contributed by atoms with Crippen LogP contribution in [-0.2, 0) is 11.4 Å². The van der Waals surface area contributed by atoms with E-state index in [4.69, 9.17) is 16.3 Å². The number of nitrogens with zero attached hydrogens (tertiary/aromatic N) is 1. The smallest absolute Gasteiger partial charge is 0.266 e. The van der Waals surface area contributed by atoms with Crippen LogP contribution in [0.3, 0.4) is 0 Å². The largest absolute Gasteiger partial charge is 0.489 e. The molecule has 3 aromatic carbocycles. The van der Waals surface area contributed by atoms with E-state index in [1.165, 1.54) is 18.2 Å². The van der Waals surface area contributed by atoms with Gasteiger partial charge in [0.05, 0.1) is 10.7 Å². The number of halogens is 2. The Kier molecular flexibility index (Phi) is 6.62. The fourth-order valence-corrected chi connectivity index (χ4v) is 2.70. The minimum absolute atomic E-state index is 0.0571. The summed E-state index contributed by atoms with van der Waals surface area (Å²) in [5.41, 5.74) is 1.76. The molecule has 0 saturated heterocycles. The van der Waals surface area contributed by atoms with Gasteiger partial charge < -0.3 is 10.1 Å². The Morgan fingerprint density at radius 1 is 1.10 bits per heavy atom. The predicted molar refractivity (Wildman–Crippen MR) is 111 cm³/mol. The third-order valence-corrected chi connectivity index (χ3v) is 4.30. The highest BCUT2D eigenvalue weighted by Crippen LogP contribution is 2.22. The van der Waals surface area contributed by atoms with Crippen molar-refractivity contribution in [2.75, 3.05) is 5.32 Å². The van der Waals surface area contributed by atoms with E-state index in [0.717, 1.165) is 5.56 Å². The van der Waals surface area contributed by atoms with Gasteiger partial charge in [-0.1, -0.05) is 48.0 Å². The van der Waals surface area contributed by atoms with Crippen LogP contribution in [0.15, 0.2) is 78.4 Å². The van der Waals surface area contributed by atoms with Gasteiger partial charge in [-0.2, -0.15) is 5.26 Å². The second-order valence-electron chi connectivity index (χ2n) is 6.09. The summed E-state index contributed by atoms with van der Waals surface area (Å²) in [7, 11) is 0. The van der Waals surface area contributed by atoms with Gasteiger partial charge in [-0.25, -0.2) is 4.39 Å². The van der Waals surface area contributed by atoms with Crippen molar-refractivity contribution in [1.29, 1.82) is 5.26 Å². The van der Waals surface area contributed by atoms with E-state index in [-0.39, 0.29) is 18.0 Å². The van der Waals surface area contributed by atoms with E-state index >= 15 is 0 Å². The molecule has 0 aliphatic heterocycles. The first-order valence-corrected chi connectivity index (χ1v) is 9.08. The fraction of sp³-hybridized carbons (Fsp3) is 0.0435. The number of amides is 1. The van der Waals surface area contributed by atoms with E-state index in [1.54, 1.807) is 60.7 Å². The average Bonchev–Trinajstić information content (AvgIpc) is 2.73. The Morgan fingerprint density at radius 2 is 1.86 bits per heavy atom. The molecule has 0 aromatic heterocycles. The predicted octanol–water partition coefficient (Wildman–Crippen LogP) is 5.60. The molecule has 3 aromatic rings. The topological polar surface area (TPSA) is 62.1 Å². The summed E-state index contributed by atoms with van der Waals surface area (Å²) in [4.78, 5) is 12.3. The van der Waals surface area contributed by atoms with Crippen molar-refractivity contribution >= 4 is 29.3 Å². The van der Waals surface area contributed by atoms with Gasteiger partial charge in [0.15, 0.2) is 0 Å². The zero-order chi connectivity index (χ0) is 20.6. The van der Waals surface area contributed by atoms with Crippen molar-refractivity contribution in [1.82, 2.24) is 0 Å². The molecule has 0 heterocycles. The second-order valence-corrected chi connectivity index (χ2v) is 6.50. The zero-order valence-electron chi connectivity index (χ0n) is 15.2. The number of hydrogen-bond donors (Lipinski definition) is 1. The summed E-state index contributed by atoms with van der Waals surface area (Å²) in [6.45, 7) is 0.233. The Hall–Kier alpha value is -3.62. The standard InChI is InChI=1S/C23H16ClFN2O2/c24-21-6-1-2-7-22(21)27-23(28)18(14-26)12-16-8-10-20(11-9-16)29-15-17-4-3-5-19(25)13-17/h1-13H,15H2,(H,27,28)/b18-12+. The highest BCUT2D eigenvalue weighted by atomic mass is 35.5. The lowest BCUT2D eigenvalue weighted by atomic mass is 10.1. The number of benzene rings is 3. The number of hydrogen-bond acceptors (Lipinski definition) is 3. The van der Waals surface area contributed by atoms with Crippen molar-refractivity contribution in [2.24, 2.45) is 0 Å². The van der Waals surface area contributed by atoms with Crippen molar-refractivity contribution < 1.29 is 13.9 Å². The summed E-state index contributed by atoms with van der Waals surface area (Å²) in [5.74, 6) is -0.275. The third kappa shape index (κ3) is 5.68. The maximum Gasteiger partial charge on any atom is 0.266 e. The van der Waals surface area contributed by atoms with Crippen LogP contribution in [0.4, 0.5) is 10.1 Å². The quantitative estimate of drug-likeness (QED) is 0.428. The van der Waals surface area contributed by atoms with Gasteiger partial charge in [-0.3, -0.25) is 4.79 Å². The first kappa shape index (κ1) is 20.1. The molecular weight excluding hydrogens is 391 g/mol. The first-order chi connectivity index (χ1) is 14.0. The van der Waals surface area contributed by atoms with Crippen molar-refractivity contribution in [2.45, 2.75) is 6.61 Å². The van der Waals surface area contributed by atoms with Gasteiger partial charge in [0.1, 0.15) is 29.8 Å². The van der Waals surface area contributed by atoms with Crippen molar-refractivity contribution in [3.63, 3.8) is 0 Å². The molecule has 1 N–H and O–H groups in total. The van der Waals surface area contributed by atoms with E-state index in [1.807, 2.05) is 6.07 Å². The number of nitrogens with one attached hydrogen (secondary N) is 1. The fourth-order valence-electron chi connectivity index (χ4n) is 2.52. The number of nitriles is 1. The molecule has 6 heteroatoms. The maximum absolute atomic E-state index is 13.2. The van der Waals surface area contributed by atoms with Crippen LogP contribution in [-0.4, -0.2) is 5.91 Å². The summed E-state index contributed by atoms with van der Waals surface area (Å²) in [5, 5.41) is 12.3. The number of ether oxygens (including phenoxy) is 1. The monoisotopic (exact) mass is 406 g/mol. The molecule has 29 heavy (non-hydrogen) atoms. The van der Waals surface area contributed by atoms with Gasteiger partial charge in [0.2, 0.25) is 0 Å². The molecule has 0 bridgehead atoms. The average molecular weight is 407 g/mol. The first-order valence-electron chi connectivity index (χ1n) is 8.70. The molecule has 144 valence electrons. The Labute approximate surface area is 172 Å².